The summed E-state index contributed by atoms with van der Waals surface area (Å²) in [5.41, 5.74) is 6.31. The van der Waals surface area contributed by atoms with Crippen LogP contribution in [0.3, 0.4) is 0 Å². The Hall–Kier alpha value is -2.08. The van der Waals surface area contributed by atoms with E-state index < -0.39 is 0 Å². The topological polar surface area (TPSA) is 0 Å². The molecule has 0 fully saturated rings. The molecular weight excluding hydrogens is 240 g/mol. The first kappa shape index (κ1) is 14.3. The van der Waals surface area contributed by atoms with Crippen molar-refractivity contribution in [3.05, 3.63) is 83.5 Å². The van der Waals surface area contributed by atoms with Crippen LogP contribution in [0.4, 0.5) is 0 Å². The highest BCUT2D eigenvalue weighted by Crippen LogP contribution is 2.24. The van der Waals surface area contributed by atoms with Crippen molar-refractivity contribution in [1.82, 2.24) is 0 Å². The molecule has 20 heavy (non-hydrogen) atoms. The summed E-state index contributed by atoms with van der Waals surface area (Å²) in [5, 5.41) is 0. The van der Waals surface area contributed by atoms with Gasteiger partial charge in [0.2, 0.25) is 0 Å². The monoisotopic (exact) mass is 262 g/mol. The Balaban J connectivity index is 2.48. The molecule has 102 valence electrons. The lowest BCUT2D eigenvalue weighted by atomic mass is 9.96. The van der Waals surface area contributed by atoms with Crippen LogP contribution in [0.1, 0.15) is 36.5 Å². The van der Waals surface area contributed by atoms with Crippen LogP contribution in [-0.2, 0) is 0 Å². The molecular formula is C20H22. The van der Waals surface area contributed by atoms with E-state index in [0.717, 1.165) is 12.8 Å². The van der Waals surface area contributed by atoms with E-state index >= 15 is 0 Å². The third kappa shape index (κ3) is 3.48. The van der Waals surface area contributed by atoms with Crippen LogP contribution in [0.5, 0.6) is 0 Å². The Morgan fingerprint density at radius 1 is 1.20 bits per heavy atom. The lowest BCUT2D eigenvalue weighted by Crippen LogP contribution is -1.89. The highest BCUT2D eigenvalue weighted by atomic mass is 14.1. The minimum atomic E-state index is 1.08. The fraction of sp³-hybridized carbons (Fsp3) is 0.200. The molecule has 0 atom stereocenters. The van der Waals surface area contributed by atoms with E-state index in [1.165, 1.54) is 27.8 Å². The summed E-state index contributed by atoms with van der Waals surface area (Å²) in [6, 6.07) is 6.64. The molecule has 1 aromatic carbocycles. The van der Waals surface area contributed by atoms with Crippen molar-refractivity contribution in [2.45, 2.75) is 26.7 Å². The van der Waals surface area contributed by atoms with Crippen LogP contribution >= 0.6 is 0 Å². The van der Waals surface area contributed by atoms with Gasteiger partial charge < -0.3 is 0 Å². The standard InChI is InChI=1S/C20H22/c1-4-9-18-15-20(13-12-16(18)3)19-11-8-6-7-10-17(5-2)14-19/h4-5,8-15H,2,6-7H2,1,3H3/b9-4-,11-8+,17-10-,19-14+. The minimum Gasteiger partial charge on any atom is -0.0985 e. The lowest BCUT2D eigenvalue weighted by Gasteiger charge is -2.09. The fourth-order valence-corrected chi connectivity index (χ4v) is 2.34. The number of hydrogen-bond acceptors (Lipinski definition) is 0. The molecule has 0 N–H and O–H groups in total. The molecule has 2 rings (SSSR count). The van der Waals surface area contributed by atoms with E-state index in [2.05, 4.69) is 75.1 Å². The zero-order valence-corrected chi connectivity index (χ0v) is 12.4. The van der Waals surface area contributed by atoms with Crippen LogP contribution in [0.15, 0.2) is 66.8 Å². The van der Waals surface area contributed by atoms with Gasteiger partial charge in [-0.1, -0.05) is 55.2 Å². The van der Waals surface area contributed by atoms with Crippen molar-refractivity contribution in [3.8, 4) is 0 Å². The second-order valence-corrected chi connectivity index (χ2v) is 5.06. The van der Waals surface area contributed by atoms with Gasteiger partial charge in [0, 0.05) is 0 Å². The minimum absolute atomic E-state index is 1.08. The first-order valence-corrected chi connectivity index (χ1v) is 7.19. The van der Waals surface area contributed by atoms with Gasteiger partial charge in [0.25, 0.3) is 0 Å². The second kappa shape index (κ2) is 6.91. The number of aryl methyl sites for hydroxylation is 1. The first-order valence-electron chi connectivity index (χ1n) is 7.19. The summed E-state index contributed by atoms with van der Waals surface area (Å²) in [5.74, 6) is 0. The average Bonchev–Trinajstić information content (AvgIpc) is 2.42. The van der Waals surface area contributed by atoms with Gasteiger partial charge in [0.15, 0.2) is 0 Å². The van der Waals surface area contributed by atoms with Crippen molar-refractivity contribution >= 4 is 11.6 Å². The summed E-state index contributed by atoms with van der Waals surface area (Å²) in [6.45, 7) is 8.10. The van der Waals surface area contributed by atoms with Crippen molar-refractivity contribution in [2.75, 3.05) is 0 Å². The molecule has 0 amide bonds. The van der Waals surface area contributed by atoms with Gasteiger partial charge in [-0.15, -0.1) is 0 Å². The Kier molecular flexibility index (Phi) is 4.95. The molecule has 0 spiro atoms. The largest absolute Gasteiger partial charge is 0.0985 e. The maximum absolute atomic E-state index is 3.90. The lowest BCUT2D eigenvalue weighted by molar-refractivity contribution is 1.04. The quantitative estimate of drug-likeness (QED) is 0.638. The third-order valence-electron chi connectivity index (χ3n) is 3.53. The zero-order chi connectivity index (χ0) is 14.4. The van der Waals surface area contributed by atoms with E-state index in [1.807, 2.05) is 6.08 Å². The molecule has 0 saturated heterocycles. The van der Waals surface area contributed by atoms with Gasteiger partial charge in [-0.3, -0.25) is 0 Å². The van der Waals surface area contributed by atoms with E-state index in [4.69, 9.17) is 0 Å². The predicted octanol–water partition coefficient (Wildman–Crippen LogP) is 5.87. The number of hydrogen-bond donors (Lipinski definition) is 0. The van der Waals surface area contributed by atoms with Gasteiger partial charge in [-0.2, -0.15) is 0 Å². The summed E-state index contributed by atoms with van der Waals surface area (Å²) in [6.07, 6.45) is 17.3. The Labute approximate surface area is 122 Å². The molecule has 1 aliphatic rings. The molecule has 0 radical (unpaired) electrons. The average molecular weight is 262 g/mol. The number of rotatable bonds is 3. The summed E-state index contributed by atoms with van der Waals surface area (Å²) < 4.78 is 0. The summed E-state index contributed by atoms with van der Waals surface area (Å²) in [4.78, 5) is 0. The van der Waals surface area contributed by atoms with Gasteiger partial charge >= 0.3 is 0 Å². The molecule has 0 saturated carbocycles. The van der Waals surface area contributed by atoms with Crippen molar-refractivity contribution < 1.29 is 0 Å². The van der Waals surface area contributed by atoms with E-state index in [-0.39, 0.29) is 0 Å². The van der Waals surface area contributed by atoms with Crippen LogP contribution in [-0.4, -0.2) is 0 Å². The second-order valence-electron chi connectivity index (χ2n) is 5.06. The third-order valence-corrected chi connectivity index (χ3v) is 3.53. The molecule has 0 aromatic heterocycles. The first-order chi connectivity index (χ1) is 9.74. The van der Waals surface area contributed by atoms with Gasteiger partial charge in [-0.05, 0) is 66.7 Å². The molecule has 0 nitrogen and oxygen atoms in total. The van der Waals surface area contributed by atoms with Crippen molar-refractivity contribution in [2.24, 2.45) is 0 Å². The molecule has 0 heterocycles. The van der Waals surface area contributed by atoms with E-state index in [1.54, 1.807) is 0 Å². The Morgan fingerprint density at radius 3 is 2.80 bits per heavy atom. The fourth-order valence-electron chi connectivity index (χ4n) is 2.34. The highest BCUT2D eigenvalue weighted by Gasteiger charge is 2.03. The number of benzene rings is 1. The maximum atomic E-state index is 3.90. The normalized spacial score (nSPS) is 22.3. The van der Waals surface area contributed by atoms with Crippen LogP contribution < -0.4 is 0 Å². The molecule has 1 aliphatic carbocycles. The van der Waals surface area contributed by atoms with Crippen LogP contribution in [0, 0.1) is 6.92 Å². The van der Waals surface area contributed by atoms with Crippen LogP contribution in [0.25, 0.3) is 11.6 Å². The molecule has 0 heteroatoms. The van der Waals surface area contributed by atoms with Crippen LogP contribution in [0.2, 0.25) is 0 Å². The van der Waals surface area contributed by atoms with Crippen molar-refractivity contribution in [1.29, 1.82) is 0 Å². The predicted molar refractivity (Wildman–Crippen MR) is 90.5 cm³/mol. The zero-order valence-electron chi connectivity index (χ0n) is 12.4. The molecule has 0 bridgehead atoms. The smallest absolute Gasteiger partial charge is 0.0178 e. The SMILES string of the molecule is C=CC1=C/CC/C=C/C(c2ccc(C)c(/C=C\C)c2)=C\1. The Bertz CT molecular complexity index is 607. The highest BCUT2D eigenvalue weighted by molar-refractivity contribution is 5.78. The van der Waals surface area contributed by atoms with E-state index in [0.29, 0.717) is 0 Å². The molecule has 0 unspecified atom stereocenters. The van der Waals surface area contributed by atoms with Crippen molar-refractivity contribution in [3.63, 3.8) is 0 Å². The molecule has 0 aliphatic heterocycles. The van der Waals surface area contributed by atoms with Gasteiger partial charge in [-0.25, -0.2) is 0 Å². The maximum Gasteiger partial charge on any atom is -0.0178 e. The van der Waals surface area contributed by atoms with Gasteiger partial charge in [0.05, 0.1) is 0 Å². The summed E-state index contributed by atoms with van der Waals surface area (Å²) in [7, 11) is 0. The van der Waals surface area contributed by atoms with Gasteiger partial charge in [0.1, 0.15) is 0 Å². The summed E-state index contributed by atoms with van der Waals surface area (Å²) >= 11 is 0. The van der Waals surface area contributed by atoms with E-state index in [9.17, 15) is 0 Å². The Morgan fingerprint density at radius 2 is 2.05 bits per heavy atom. The number of allylic oxidation sites excluding steroid dienone is 8. The molecule has 1 aromatic rings.